The number of ether oxygens (including phenoxy) is 3. The number of hydrogen-bond acceptors (Lipinski definition) is 8. The molecule has 0 aliphatic carbocycles. The minimum Gasteiger partial charge on any atom is -0.455 e. The molecule has 1 unspecified atom stereocenters. The maximum Gasteiger partial charge on any atom is 0.313 e. The fourth-order valence-corrected chi connectivity index (χ4v) is 8.35. The number of aliphatic hydroxyl groups is 1. The number of nitrogens with zero attached hydrogens (tertiary/aromatic N) is 2. The fourth-order valence-electron chi connectivity index (χ4n) is 7.41. The Morgan fingerprint density at radius 1 is 1.21 bits per heavy atom. The van der Waals surface area contributed by atoms with Crippen LogP contribution in [-0.4, -0.2) is 106 Å². The number of fused-ring (bicyclic) bond motifs is 1. The highest BCUT2D eigenvalue weighted by Gasteiger charge is 2.77. The molecule has 0 radical (unpaired) electrons. The van der Waals surface area contributed by atoms with E-state index in [2.05, 4.69) is 34.4 Å². The van der Waals surface area contributed by atoms with Crippen molar-refractivity contribution in [3.63, 3.8) is 0 Å². The molecule has 2 bridgehead atoms. The third kappa shape index (κ3) is 7.56. The standard InChI is InChI=1S/C36H50BrN3O8/c1-7-9-17-26(42)38-25(22-46-6)29(23-15-11-10-12-16-23)47-34(45)27-28-32(43)39(19-13-14-20-41)31(36(28)21-24(37)30(27)48-36)33(44)40(18-8-2)35(3,4)5/h7-8,10-12,15-16,24-25,27-31,41H,1-2,9,13-14,17-22H2,3-6H3,(H,38,42)/t24?,25-,27+,28-,29-,30+,31+,36-/m0/s1. The number of allylic oxidation sites excluding steroid dienone is 1. The van der Waals surface area contributed by atoms with E-state index in [0.717, 1.165) is 0 Å². The van der Waals surface area contributed by atoms with Crippen LogP contribution in [0.5, 0.6) is 0 Å². The van der Waals surface area contributed by atoms with Gasteiger partial charge in [0.2, 0.25) is 17.7 Å². The molecule has 8 atom stereocenters. The minimum atomic E-state index is -1.27. The van der Waals surface area contributed by atoms with Crippen LogP contribution < -0.4 is 5.32 Å². The summed E-state index contributed by atoms with van der Waals surface area (Å²) in [6.45, 7) is 13.8. The number of hydrogen-bond donors (Lipinski definition) is 2. The number of aliphatic hydroxyl groups excluding tert-OH is 1. The first-order chi connectivity index (χ1) is 22.9. The summed E-state index contributed by atoms with van der Waals surface area (Å²) in [4.78, 5) is 59.2. The SMILES string of the molecule is C=CCCC(=O)N[C@@H](COC)[C@@H](OC(=O)[C@H]1[C@@H]2O[C@@]3(CC2Br)[C@@H]1C(=O)N(CCCCO)[C@@H]3C(=O)N(CC=C)C(C)(C)C)c1ccccc1. The van der Waals surface area contributed by atoms with Crippen molar-refractivity contribution < 1.29 is 38.5 Å². The third-order valence-corrected chi connectivity index (χ3v) is 10.3. The van der Waals surface area contributed by atoms with Gasteiger partial charge < -0.3 is 34.4 Å². The van der Waals surface area contributed by atoms with Crippen LogP contribution in [0.4, 0.5) is 0 Å². The number of likely N-dealkylation sites (tertiary alicyclic amines) is 1. The quantitative estimate of drug-likeness (QED) is 0.107. The van der Waals surface area contributed by atoms with Gasteiger partial charge in [0.1, 0.15) is 17.7 Å². The van der Waals surface area contributed by atoms with Crippen molar-refractivity contribution in [2.75, 3.05) is 33.4 Å². The number of carbonyl (C=O) groups excluding carboxylic acids is 4. The normalized spacial score (nSPS) is 27.2. The van der Waals surface area contributed by atoms with Crippen LogP contribution in [0.15, 0.2) is 55.6 Å². The smallest absolute Gasteiger partial charge is 0.313 e. The van der Waals surface area contributed by atoms with Gasteiger partial charge in [0.15, 0.2) is 0 Å². The topological polar surface area (TPSA) is 135 Å². The summed E-state index contributed by atoms with van der Waals surface area (Å²) in [6.07, 6.45) is 3.62. The first-order valence-corrected chi connectivity index (χ1v) is 17.6. The second kappa shape index (κ2) is 16.1. The molecular weight excluding hydrogens is 682 g/mol. The predicted molar refractivity (Wildman–Crippen MR) is 184 cm³/mol. The maximum absolute atomic E-state index is 14.5. The van der Waals surface area contributed by atoms with Gasteiger partial charge in [-0.2, -0.15) is 0 Å². The highest BCUT2D eigenvalue weighted by atomic mass is 79.9. The van der Waals surface area contributed by atoms with E-state index in [4.69, 9.17) is 14.2 Å². The minimum absolute atomic E-state index is 0.0512. The molecule has 11 nitrogen and oxygen atoms in total. The summed E-state index contributed by atoms with van der Waals surface area (Å²) < 4.78 is 18.4. The monoisotopic (exact) mass is 731 g/mol. The Labute approximate surface area is 292 Å². The number of carbonyl (C=O) groups is 4. The number of benzene rings is 1. The van der Waals surface area contributed by atoms with E-state index in [1.54, 1.807) is 22.0 Å². The molecule has 1 aromatic rings. The average molecular weight is 733 g/mol. The molecule has 3 heterocycles. The maximum atomic E-state index is 14.5. The molecule has 3 aliphatic heterocycles. The summed E-state index contributed by atoms with van der Waals surface area (Å²) in [6, 6.07) is 7.37. The molecule has 12 heteroatoms. The van der Waals surface area contributed by atoms with Crippen LogP contribution in [0, 0.1) is 11.8 Å². The molecule has 264 valence electrons. The van der Waals surface area contributed by atoms with Gasteiger partial charge in [-0.15, -0.1) is 13.2 Å². The first kappa shape index (κ1) is 37.8. The van der Waals surface area contributed by atoms with E-state index in [1.807, 2.05) is 51.1 Å². The predicted octanol–water partition coefficient (Wildman–Crippen LogP) is 3.70. The van der Waals surface area contributed by atoms with Gasteiger partial charge in [-0.3, -0.25) is 19.2 Å². The zero-order valence-electron chi connectivity index (χ0n) is 28.4. The van der Waals surface area contributed by atoms with Crippen LogP contribution >= 0.6 is 15.9 Å². The van der Waals surface area contributed by atoms with Gasteiger partial charge >= 0.3 is 5.97 Å². The largest absolute Gasteiger partial charge is 0.455 e. The first-order valence-electron chi connectivity index (χ1n) is 16.7. The van der Waals surface area contributed by atoms with Crippen LogP contribution in [-0.2, 0) is 33.4 Å². The van der Waals surface area contributed by atoms with Crippen molar-refractivity contribution in [1.82, 2.24) is 15.1 Å². The zero-order valence-corrected chi connectivity index (χ0v) is 30.0. The molecule has 4 rings (SSSR count). The van der Waals surface area contributed by atoms with Gasteiger partial charge in [-0.05, 0) is 52.0 Å². The van der Waals surface area contributed by atoms with Crippen LogP contribution in [0.1, 0.15) is 64.5 Å². The second-order valence-electron chi connectivity index (χ2n) is 13.8. The lowest BCUT2D eigenvalue weighted by molar-refractivity contribution is -0.163. The van der Waals surface area contributed by atoms with Crippen molar-refractivity contribution in [3.05, 3.63) is 61.2 Å². The lowest BCUT2D eigenvalue weighted by Gasteiger charge is -2.42. The highest BCUT2D eigenvalue weighted by molar-refractivity contribution is 9.09. The molecule has 3 fully saturated rings. The summed E-state index contributed by atoms with van der Waals surface area (Å²) in [5.41, 5.74) is -1.21. The number of methoxy groups -OCH3 is 1. The van der Waals surface area contributed by atoms with Crippen molar-refractivity contribution in [3.8, 4) is 0 Å². The zero-order chi connectivity index (χ0) is 35.2. The molecule has 2 N–H and O–H groups in total. The third-order valence-electron chi connectivity index (χ3n) is 9.49. The Bertz CT molecular complexity index is 1340. The molecule has 1 spiro atoms. The fraction of sp³-hybridized carbons (Fsp3) is 0.611. The number of unbranched alkanes of at least 4 members (excludes halogenated alkanes) is 1. The van der Waals surface area contributed by atoms with Crippen molar-refractivity contribution in [1.29, 1.82) is 0 Å². The molecule has 3 amide bonds. The average Bonchev–Trinajstić information content (AvgIpc) is 3.64. The van der Waals surface area contributed by atoms with E-state index < -0.39 is 53.2 Å². The molecule has 3 aliphatic rings. The molecular formula is C36H50BrN3O8. The molecule has 3 saturated heterocycles. The summed E-state index contributed by atoms with van der Waals surface area (Å²) in [5.74, 6) is -3.49. The highest BCUT2D eigenvalue weighted by Crippen LogP contribution is 2.60. The lowest BCUT2D eigenvalue weighted by atomic mass is 9.70. The van der Waals surface area contributed by atoms with E-state index in [9.17, 15) is 24.3 Å². The van der Waals surface area contributed by atoms with Gasteiger partial charge in [-0.1, -0.05) is 58.4 Å². The lowest BCUT2D eigenvalue weighted by Crippen LogP contribution is -2.60. The van der Waals surface area contributed by atoms with Crippen LogP contribution in [0.2, 0.25) is 0 Å². The Morgan fingerprint density at radius 3 is 2.52 bits per heavy atom. The number of amides is 3. The van der Waals surface area contributed by atoms with Gasteiger partial charge in [0.25, 0.3) is 0 Å². The summed E-state index contributed by atoms with van der Waals surface area (Å²) in [5, 5.41) is 12.5. The molecule has 0 saturated carbocycles. The van der Waals surface area contributed by atoms with Gasteiger partial charge in [0, 0.05) is 43.6 Å². The number of rotatable bonds is 17. The van der Waals surface area contributed by atoms with Crippen molar-refractivity contribution in [2.45, 2.75) is 93.1 Å². The molecule has 0 aromatic heterocycles. The van der Waals surface area contributed by atoms with Crippen molar-refractivity contribution in [2.24, 2.45) is 11.8 Å². The van der Waals surface area contributed by atoms with Gasteiger partial charge in [-0.25, -0.2) is 0 Å². The Kier molecular flexibility index (Phi) is 12.7. The van der Waals surface area contributed by atoms with E-state index in [1.165, 1.54) is 7.11 Å². The summed E-state index contributed by atoms with van der Waals surface area (Å²) in [7, 11) is 1.50. The second-order valence-corrected chi connectivity index (χ2v) is 14.9. The number of esters is 1. The van der Waals surface area contributed by atoms with E-state index >= 15 is 0 Å². The summed E-state index contributed by atoms with van der Waals surface area (Å²) >= 11 is 3.72. The van der Waals surface area contributed by atoms with E-state index in [0.29, 0.717) is 31.2 Å². The number of alkyl halides is 1. The molecule has 1 aromatic carbocycles. The van der Waals surface area contributed by atoms with Crippen LogP contribution in [0.3, 0.4) is 0 Å². The Morgan fingerprint density at radius 2 is 1.92 bits per heavy atom. The van der Waals surface area contributed by atoms with E-state index in [-0.39, 0.29) is 55.3 Å². The Balaban J connectivity index is 1.73. The Hall–Kier alpha value is -3.06. The number of nitrogens with one attached hydrogen (secondary N) is 1. The molecule has 48 heavy (non-hydrogen) atoms. The van der Waals surface area contributed by atoms with Crippen molar-refractivity contribution >= 4 is 39.6 Å². The van der Waals surface area contributed by atoms with Crippen LogP contribution in [0.25, 0.3) is 0 Å². The number of halogens is 1. The van der Waals surface area contributed by atoms with Gasteiger partial charge in [0.05, 0.1) is 30.6 Å².